The third-order valence-corrected chi connectivity index (χ3v) is 5.11. The molecule has 1 amide bonds. The summed E-state index contributed by atoms with van der Waals surface area (Å²) in [5.41, 5.74) is 6.31. The van der Waals surface area contributed by atoms with Gasteiger partial charge in [0.05, 0.1) is 0 Å². The Balaban J connectivity index is 1.67. The van der Waals surface area contributed by atoms with E-state index in [0.717, 1.165) is 12.0 Å². The Bertz CT molecular complexity index is 564. The first kappa shape index (κ1) is 18.6. The van der Waals surface area contributed by atoms with Gasteiger partial charge in [0, 0.05) is 12.5 Å². The maximum atomic E-state index is 12.8. The fraction of sp³-hybridized carbons (Fsp3) is 0.556. The van der Waals surface area contributed by atoms with Crippen LogP contribution in [-0.2, 0) is 11.2 Å². The molecule has 1 aliphatic carbocycles. The van der Waals surface area contributed by atoms with Crippen LogP contribution in [0.3, 0.4) is 0 Å². The Morgan fingerprint density at radius 1 is 1.21 bits per heavy atom. The lowest BCUT2D eigenvalue weighted by molar-refractivity contribution is -0.121. The molecular weight excluding hydrogens is 325 g/mol. The van der Waals surface area contributed by atoms with Gasteiger partial charge in [-0.1, -0.05) is 38.8 Å². The van der Waals surface area contributed by atoms with Crippen molar-refractivity contribution in [3.05, 3.63) is 35.6 Å². The van der Waals surface area contributed by atoms with Gasteiger partial charge in [-0.15, -0.1) is 0 Å². The summed E-state index contributed by atoms with van der Waals surface area (Å²) in [6.07, 6.45) is 4.45. The normalized spacial score (nSPS) is 23.4. The van der Waals surface area contributed by atoms with E-state index in [1.807, 2.05) is 0 Å². The molecule has 3 N–H and O–H groups in total. The van der Waals surface area contributed by atoms with E-state index in [9.17, 15) is 9.18 Å². The molecule has 1 saturated carbocycles. The second-order valence-electron chi connectivity index (χ2n) is 6.65. The Hall–Kier alpha value is -1.69. The predicted octanol–water partition coefficient (Wildman–Crippen LogP) is 3.08. The van der Waals surface area contributed by atoms with E-state index in [1.165, 1.54) is 25.0 Å². The molecule has 1 aliphatic rings. The SMILES string of the molecule is C[C@H]1[C@@H](NC(=S)NNC(=O)CCc2ccc(F)cc2)CCC[C@@H]1C. The van der Waals surface area contributed by atoms with Crippen molar-refractivity contribution < 1.29 is 9.18 Å². The van der Waals surface area contributed by atoms with E-state index in [-0.39, 0.29) is 11.7 Å². The molecule has 2 rings (SSSR count). The Morgan fingerprint density at radius 2 is 1.92 bits per heavy atom. The number of thiocarbonyl (C=S) groups is 1. The summed E-state index contributed by atoms with van der Waals surface area (Å²) in [5, 5.41) is 3.75. The zero-order valence-corrected chi connectivity index (χ0v) is 15.1. The van der Waals surface area contributed by atoms with E-state index in [1.54, 1.807) is 12.1 Å². The molecule has 0 unspecified atom stereocenters. The molecule has 0 spiro atoms. The van der Waals surface area contributed by atoms with Crippen LogP contribution in [-0.4, -0.2) is 17.1 Å². The predicted molar refractivity (Wildman–Crippen MR) is 97.7 cm³/mol. The van der Waals surface area contributed by atoms with Crippen molar-refractivity contribution in [1.29, 1.82) is 0 Å². The van der Waals surface area contributed by atoms with Crippen LogP contribution in [0.25, 0.3) is 0 Å². The monoisotopic (exact) mass is 351 g/mol. The van der Waals surface area contributed by atoms with Gasteiger partial charge in [-0.25, -0.2) is 4.39 Å². The zero-order chi connectivity index (χ0) is 17.5. The van der Waals surface area contributed by atoms with Crippen LogP contribution in [0.5, 0.6) is 0 Å². The van der Waals surface area contributed by atoms with Gasteiger partial charge in [0.25, 0.3) is 0 Å². The van der Waals surface area contributed by atoms with Gasteiger partial charge in [0.15, 0.2) is 5.11 Å². The molecule has 0 bridgehead atoms. The maximum absolute atomic E-state index is 12.8. The number of hydrogen-bond donors (Lipinski definition) is 3. The van der Waals surface area contributed by atoms with Crippen molar-refractivity contribution in [1.82, 2.24) is 16.2 Å². The zero-order valence-electron chi connectivity index (χ0n) is 14.3. The molecule has 0 aromatic heterocycles. The molecule has 1 aromatic rings. The number of carbonyl (C=O) groups excluding carboxylic acids is 1. The molecule has 4 nitrogen and oxygen atoms in total. The van der Waals surface area contributed by atoms with Crippen LogP contribution in [0.4, 0.5) is 4.39 Å². The van der Waals surface area contributed by atoms with Crippen molar-refractivity contribution in [2.24, 2.45) is 11.8 Å². The molecule has 0 heterocycles. The molecule has 132 valence electrons. The minimum absolute atomic E-state index is 0.145. The van der Waals surface area contributed by atoms with Crippen LogP contribution in [0.15, 0.2) is 24.3 Å². The van der Waals surface area contributed by atoms with Gasteiger partial charge in [0.1, 0.15) is 5.82 Å². The van der Waals surface area contributed by atoms with Crippen LogP contribution in [0.2, 0.25) is 0 Å². The van der Waals surface area contributed by atoms with Gasteiger partial charge in [0.2, 0.25) is 5.91 Å². The molecule has 0 saturated heterocycles. The number of carbonyl (C=O) groups is 1. The number of halogens is 1. The molecule has 1 fully saturated rings. The van der Waals surface area contributed by atoms with E-state index in [0.29, 0.717) is 35.8 Å². The van der Waals surface area contributed by atoms with Gasteiger partial charge in [-0.3, -0.25) is 15.6 Å². The summed E-state index contributed by atoms with van der Waals surface area (Å²) >= 11 is 5.26. The van der Waals surface area contributed by atoms with E-state index in [4.69, 9.17) is 12.2 Å². The fourth-order valence-corrected chi connectivity index (χ4v) is 3.29. The fourth-order valence-electron chi connectivity index (χ4n) is 3.09. The first-order valence-corrected chi connectivity index (χ1v) is 8.96. The number of hydrazine groups is 1. The summed E-state index contributed by atoms with van der Waals surface area (Å²) in [4.78, 5) is 11.9. The minimum atomic E-state index is -0.271. The number of hydrogen-bond acceptors (Lipinski definition) is 2. The second-order valence-corrected chi connectivity index (χ2v) is 7.06. The van der Waals surface area contributed by atoms with E-state index < -0.39 is 0 Å². The topological polar surface area (TPSA) is 53.2 Å². The highest BCUT2D eigenvalue weighted by molar-refractivity contribution is 7.80. The summed E-state index contributed by atoms with van der Waals surface area (Å²) in [6.45, 7) is 4.51. The first-order valence-electron chi connectivity index (χ1n) is 8.55. The lowest BCUT2D eigenvalue weighted by Crippen LogP contribution is -2.52. The van der Waals surface area contributed by atoms with Crippen LogP contribution >= 0.6 is 12.2 Å². The van der Waals surface area contributed by atoms with Gasteiger partial charge in [-0.2, -0.15) is 0 Å². The number of aryl methyl sites for hydroxylation is 1. The third kappa shape index (κ3) is 5.74. The molecule has 6 heteroatoms. The van der Waals surface area contributed by atoms with Gasteiger partial charge >= 0.3 is 0 Å². The lowest BCUT2D eigenvalue weighted by Gasteiger charge is -2.35. The summed E-state index contributed by atoms with van der Waals surface area (Å²) in [6, 6.07) is 6.53. The van der Waals surface area contributed by atoms with E-state index >= 15 is 0 Å². The third-order valence-electron chi connectivity index (χ3n) is 4.89. The molecule has 1 aromatic carbocycles. The van der Waals surface area contributed by atoms with Gasteiger partial charge < -0.3 is 5.32 Å². The quantitative estimate of drug-likeness (QED) is 0.576. The van der Waals surface area contributed by atoms with Crippen LogP contribution < -0.4 is 16.2 Å². The molecule has 24 heavy (non-hydrogen) atoms. The van der Waals surface area contributed by atoms with Crippen LogP contribution in [0.1, 0.15) is 45.1 Å². The highest BCUT2D eigenvalue weighted by Crippen LogP contribution is 2.29. The second kappa shape index (κ2) is 8.97. The van der Waals surface area contributed by atoms with Crippen LogP contribution in [0, 0.1) is 17.7 Å². The van der Waals surface area contributed by atoms with Crippen molar-refractivity contribution in [3.8, 4) is 0 Å². The van der Waals surface area contributed by atoms with Crippen molar-refractivity contribution in [2.45, 2.75) is 52.0 Å². The number of nitrogens with one attached hydrogen (secondary N) is 3. The average Bonchev–Trinajstić information content (AvgIpc) is 2.56. The van der Waals surface area contributed by atoms with Crippen molar-refractivity contribution in [2.75, 3.05) is 0 Å². The molecule has 3 atom stereocenters. The largest absolute Gasteiger partial charge is 0.358 e. The molecule has 0 aliphatic heterocycles. The lowest BCUT2D eigenvalue weighted by atomic mass is 9.78. The standard InChI is InChI=1S/C18H26FN3OS/c1-12-4-3-5-16(13(12)2)20-18(24)22-21-17(23)11-8-14-6-9-15(19)10-7-14/h6-7,9-10,12-13,16H,3-5,8,11H2,1-2H3,(H,21,23)(H2,20,22,24)/t12-,13+,16-/m0/s1. The number of amides is 1. The highest BCUT2D eigenvalue weighted by Gasteiger charge is 2.27. The Morgan fingerprint density at radius 3 is 2.62 bits per heavy atom. The molecule has 0 radical (unpaired) electrons. The summed E-state index contributed by atoms with van der Waals surface area (Å²) < 4.78 is 12.8. The summed E-state index contributed by atoms with van der Waals surface area (Å²) in [5.74, 6) is 0.832. The van der Waals surface area contributed by atoms with Crippen molar-refractivity contribution in [3.63, 3.8) is 0 Å². The number of benzene rings is 1. The highest BCUT2D eigenvalue weighted by atomic mass is 32.1. The Kier molecular flexibility index (Phi) is 6.97. The summed E-state index contributed by atoms with van der Waals surface area (Å²) in [7, 11) is 0. The Labute approximate surface area is 148 Å². The molecular formula is C18H26FN3OS. The minimum Gasteiger partial charge on any atom is -0.358 e. The van der Waals surface area contributed by atoms with Gasteiger partial charge in [-0.05, 0) is 54.6 Å². The maximum Gasteiger partial charge on any atom is 0.238 e. The first-order chi connectivity index (χ1) is 11.5. The van der Waals surface area contributed by atoms with E-state index in [2.05, 4.69) is 30.0 Å². The average molecular weight is 351 g/mol. The van der Waals surface area contributed by atoms with Crippen molar-refractivity contribution >= 4 is 23.2 Å². The number of rotatable bonds is 4. The smallest absolute Gasteiger partial charge is 0.238 e.